The number of nitrogens with one attached hydrogen (secondary N) is 2. The first-order valence-corrected chi connectivity index (χ1v) is 11.5. The van der Waals surface area contributed by atoms with Crippen LogP contribution in [-0.2, 0) is 0 Å². The van der Waals surface area contributed by atoms with Crippen molar-refractivity contribution >= 4 is 70.6 Å². The molecule has 0 bridgehead atoms. The summed E-state index contributed by atoms with van der Waals surface area (Å²) in [5.41, 5.74) is 0. The van der Waals surface area contributed by atoms with Gasteiger partial charge in [-0.2, -0.15) is 10.2 Å². The van der Waals surface area contributed by atoms with Crippen molar-refractivity contribution in [2.45, 2.75) is 47.2 Å². The van der Waals surface area contributed by atoms with Gasteiger partial charge in [0.15, 0.2) is 16.6 Å². The molecule has 0 fully saturated rings. The van der Waals surface area contributed by atoms with Crippen LogP contribution in [0.15, 0.2) is 8.68 Å². The highest BCUT2D eigenvalue weighted by Gasteiger charge is 2.00. The molecule has 0 aromatic carbocycles. The minimum atomic E-state index is 0.764. The lowest BCUT2D eigenvalue weighted by atomic mass is 10.1. The predicted molar refractivity (Wildman–Crippen MR) is 104 cm³/mol. The fourth-order valence-corrected chi connectivity index (χ4v) is 6.09. The number of unbranched alkanes of at least 4 members (excludes halogenated alkanes) is 5. The molecule has 122 valence electrons. The highest BCUT2D eigenvalue weighted by molar-refractivity contribution is 8.01. The second kappa shape index (κ2) is 10.9. The third kappa shape index (κ3) is 7.69. The Labute approximate surface area is 156 Å². The lowest BCUT2D eigenvalue weighted by Gasteiger charge is -2.01. The number of H-pyrrole nitrogens is 2. The van der Waals surface area contributed by atoms with Gasteiger partial charge in [0, 0.05) is 11.5 Å². The van der Waals surface area contributed by atoms with Crippen LogP contribution < -0.4 is 0 Å². The lowest BCUT2D eigenvalue weighted by molar-refractivity contribution is 0.629. The SMILES string of the molecule is S=c1[nH]nc(SCCCCCCCCSc2n[nH]c(=S)s2)s1. The number of hydrogen-bond donors (Lipinski definition) is 2. The highest BCUT2D eigenvalue weighted by atomic mass is 32.2. The van der Waals surface area contributed by atoms with E-state index < -0.39 is 0 Å². The Kier molecular flexibility index (Phi) is 9.24. The van der Waals surface area contributed by atoms with Crippen molar-refractivity contribution in [2.24, 2.45) is 0 Å². The fourth-order valence-electron chi connectivity index (χ4n) is 1.79. The van der Waals surface area contributed by atoms with Gasteiger partial charge in [0.2, 0.25) is 0 Å². The Morgan fingerprint density at radius 3 is 1.50 bits per heavy atom. The summed E-state index contributed by atoms with van der Waals surface area (Å²) in [6.45, 7) is 0. The average Bonchev–Trinajstić information content (AvgIpc) is 3.09. The van der Waals surface area contributed by atoms with Crippen LogP contribution in [0, 0.1) is 7.91 Å². The second-order valence-electron chi connectivity index (χ2n) is 4.58. The smallest absolute Gasteiger partial charge is 0.177 e. The molecule has 4 nitrogen and oxygen atoms in total. The van der Waals surface area contributed by atoms with Gasteiger partial charge in [-0.05, 0) is 37.3 Å². The fraction of sp³-hybridized carbons (Fsp3) is 0.667. The predicted octanol–water partition coefficient (Wildman–Crippen LogP) is 5.94. The molecule has 0 aliphatic heterocycles. The van der Waals surface area contributed by atoms with Crippen LogP contribution in [0.2, 0.25) is 0 Å². The Bertz CT molecular complexity index is 586. The van der Waals surface area contributed by atoms with E-state index in [2.05, 4.69) is 20.4 Å². The summed E-state index contributed by atoms with van der Waals surface area (Å²) in [5, 5.41) is 13.9. The number of aromatic nitrogens is 4. The van der Waals surface area contributed by atoms with Crippen LogP contribution in [0.3, 0.4) is 0 Å². The molecule has 2 heterocycles. The molecule has 2 rings (SSSR count). The topological polar surface area (TPSA) is 57.4 Å². The largest absolute Gasteiger partial charge is 0.257 e. The van der Waals surface area contributed by atoms with Crippen molar-refractivity contribution in [2.75, 3.05) is 11.5 Å². The van der Waals surface area contributed by atoms with E-state index in [4.69, 9.17) is 24.4 Å². The van der Waals surface area contributed by atoms with E-state index in [0.717, 1.165) is 28.1 Å². The molecule has 0 radical (unpaired) electrons. The molecule has 2 aromatic rings. The molecule has 22 heavy (non-hydrogen) atoms. The molecule has 0 atom stereocenters. The summed E-state index contributed by atoms with van der Waals surface area (Å²) in [6, 6.07) is 0. The summed E-state index contributed by atoms with van der Waals surface area (Å²) in [5.74, 6) is 2.27. The van der Waals surface area contributed by atoms with Crippen molar-refractivity contribution < 1.29 is 0 Å². The maximum atomic E-state index is 5.01. The van der Waals surface area contributed by atoms with Crippen molar-refractivity contribution in [1.29, 1.82) is 0 Å². The van der Waals surface area contributed by atoms with Gasteiger partial charge in [0.25, 0.3) is 0 Å². The van der Waals surface area contributed by atoms with E-state index in [1.807, 2.05) is 0 Å². The first-order chi connectivity index (χ1) is 10.7. The molecular weight excluding hydrogens is 393 g/mol. The Hall–Kier alpha value is 0.260. The van der Waals surface area contributed by atoms with Crippen molar-refractivity contribution in [3.63, 3.8) is 0 Å². The molecule has 0 spiro atoms. The molecule has 0 saturated carbocycles. The maximum Gasteiger partial charge on any atom is 0.177 e. The van der Waals surface area contributed by atoms with Crippen LogP contribution in [-0.4, -0.2) is 31.9 Å². The molecular formula is C12H18N4S6. The van der Waals surface area contributed by atoms with E-state index in [1.54, 1.807) is 46.2 Å². The van der Waals surface area contributed by atoms with Gasteiger partial charge in [0.05, 0.1) is 0 Å². The number of aromatic amines is 2. The van der Waals surface area contributed by atoms with E-state index in [9.17, 15) is 0 Å². The molecule has 0 saturated heterocycles. The number of nitrogens with zero attached hydrogens (tertiary/aromatic N) is 2. The van der Waals surface area contributed by atoms with E-state index >= 15 is 0 Å². The maximum absolute atomic E-state index is 5.01. The Morgan fingerprint density at radius 2 is 1.14 bits per heavy atom. The summed E-state index contributed by atoms with van der Waals surface area (Å²) in [7, 11) is 0. The van der Waals surface area contributed by atoms with Gasteiger partial charge in [-0.25, -0.2) is 0 Å². The van der Waals surface area contributed by atoms with Crippen LogP contribution in [0.5, 0.6) is 0 Å². The van der Waals surface area contributed by atoms with E-state index in [1.165, 1.54) is 38.5 Å². The van der Waals surface area contributed by atoms with Crippen molar-refractivity contribution in [3.05, 3.63) is 7.91 Å². The average molecular weight is 411 g/mol. The Morgan fingerprint density at radius 1 is 0.727 bits per heavy atom. The van der Waals surface area contributed by atoms with E-state index in [-0.39, 0.29) is 0 Å². The third-order valence-corrected chi connectivity index (χ3v) is 7.46. The summed E-state index contributed by atoms with van der Waals surface area (Å²) in [4.78, 5) is 0. The molecule has 0 unspecified atom stereocenters. The molecule has 0 aliphatic rings. The summed E-state index contributed by atoms with van der Waals surface area (Å²) < 4.78 is 3.65. The number of hydrogen-bond acceptors (Lipinski definition) is 8. The standard InChI is InChI=1S/C12H18N4S6/c17-9-13-15-11(21-9)19-7-5-3-1-2-4-6-8-20-12-16-14-10(18)22-12/h1-8H2,(H,13,17)(H,14,18). The van der Waals surface area contributed by atoms with Crippen molar-refractivity contribution in [3.8, 4) is 0 Å². The zero-order chi connectivity index (χ0) is 15.6. The normalized spacial score (nSPS) is 11.1. The summed E-state index contributed by atoms with van der Waals surface area (Å²) >= 11 is 16.7. The quantitative estimate of drug-likeness (QED) is 0.271. The third-order valence-electron chi connectivity index (χ3n) is 2.83. The summed E-state index contributed by atoms with van der Waals surface area (Å²) in [6.07, 6.45) is 7.75. The van der Waals surface area contributed by atoms with Crippen LogP contribution >= 0.6 is 70.6 Å². The van der Waals surface area contributed by atoms with Gasteiger partial charge >= 0.3 is 0 Å². The minimum Gasteiger partial charge on any atom is -0.257 e. The van der Waals surface area contributed by atoms with Gasteiger partial charge in [0.1, 0.15) is 0 Å². The lowest BCUT2D eigenvalue weighted by Crippen LogP contribution is -1.85. The first kappa shape index (κ1) is 18.6. The van der Waals surface area contributed by atoms with Crippen LogP contribution in [0.25, 0.3) is 0 Å². The molecule has 2 aromatic heterocycles. The highest BCUT2D eigenvalue weighted by Crippen LogP contribution is 2.23. The zero-order valence-corrected chi connectivity index (χ0v) is 16.9. The number of thioether (sulfide) groups is 2. The zero-order valence-electron chi connectivity index (χ0n) is 12.0. The first-order valence-electron chi connectivity index (χ1n) is 7.10. The molecule has 0 amide bonds. The monoisotopic (exact) mass is 410 g/mol. The Balaban J connectivity index is 1.38. The van der Waals surface area contributed by atoms with Gasteiger partial charge in [-0.1, -0.05) is 71.9 Å². The molecule has 0 aliphatic carbocycles. The molecule has 10 heteroatoms. The van der Waals surface area contributed by atoms with Crippen molar-refractivity contribution in [1.82, 2.24) is 20.4 Å². The van der Waals surface area contributed by atoms with Crippen LogP contribution in [0.1, 0.15) is 38.5 Å². The number of rotatable bonds is 11. The molecule has 2 N–H and O–H groups in total. The van der Waals surface area contributed by atoms with Gasteiger partial charge in [-0.15, -0.1) is 0 Å². The van der Waals surface area contributed by atoms with Crippen LogP contribution in [0.4, 0.5) is 0 Å². The van der Waals surface area contributed by atoms with Gasteiger partial charge in [-0.3, -0.25) is 10.2 Å². The minimum absolute atomic E-state index is 0.764. The second-order valence-corrected chi connectivity index (χ2v) is 10.6. The van der Waals surface area contributed by atoms with Gasteiger partial charge < -0.3 is 0 Å². The van der Waals surface area contributed by atoms with E-state index in [0.29, 0.717) is 0 Å².